The van der Waals surface area contributed by atoms with Gasteiger partial charge < -0.3 is 14.8 Å². The quantitative estimate of drug-likeness (QED) is 0.904. The molecule has 1 N–H and O–H groups in total. The van der Waals surface area contributed by atoms with E-state index in [2.05, 4.69) is 21.4 Å². The lowest BCUT2D eigenvalue weighted by atomic mass is 10.0. The average molecular weight is 273 g/mol. The van der Waals surface area contributed by atoms with Gasteiger partial charge in [-0.3, -0.25) is 4.98 Å². The summed E-state index contributed by atoms with van der Waals surface area (Å²) in [6.07, 6.45) is 3.28. The molecule has 0 radical (unpaired) electrons. The molecule has 5 heteroatoms. The molecule has 0 fully saturated rings. The van der Waals surface area contributed by atoms with E-state index in [9.17, 15) is 0 Å². The smallest absolute Gasteiger partial charge is 0.237 e. The summed E-state index contributed by atoms with van der Waals surface area (Å²) in [6, 6.07) is 5.97. The van der Waals surface area contributed by atoms with Crippen molar-refractivity contribution in [2.45, 2.75) is 13.0 Å². The highest BCUT2D eigenvalue weighted by Gasteiger charge is 2.19. The molecular formula is C15H19N3O2. The van der Waals surface area contributed by atoms with Crippen LogP contribution in [0.2, 0.25) is 0 Å². The first-order valence-corrected chi connectivity index (χ1v) is 6.38. The van der Waals surface area contributed by atoms with Crippen molar-refractivity contribution in [2.24, 2.45) is 0 Å². The number of aromatic nitrogens is 2. The maximum atomic E-state index is 5.29. The third kappa shape index (κ3) is 2.72. The topological polar surface area (TPSA) is 56.3 Å². The van der Waals surface area contributed by atoms with E-state index in [0.717, 1.165) is 22.6 Å². The lowest BCUT2D eigenvalue weighted by Crippen LogP contribution is -2.20. The number of nitrogens with zero attached hydrogens (tertiary/aromatic N) is 2. The van der Waals surface area contributed by atoms with Crippen LogP contribution >= 0.6 is 0 Å². The fraction of sp³-hybridized carbons (Fsp3) is 0.333. The Morgan fingerprint density at radius 1 is 1.10 bits per heavy atom. The molecule has 0 aliphatic heterocycles. The number of hydrogen-bond acceptors (Lipinski definition) is 5. The van der Waals surface area contributed by atoms with Gasteiger partial charge in [-0.1, -0.05) is 12.1 Å². The van der Waals surface area contributed by atoms with Gasteiger partial charge in [0.25, 0.3) is 0 Å². The molecule has 0 saturated carbocycles. The number of aryl methyl sites for hydroxylation is 1. The van der Waals surface area contributed by atoms with Crippen molar-refractivity contribution < 1.29 is 9.47 Å². The minimum absolute atomic E-state index is 0.0803. The van der Waals surface area contributed by atoms with E-state index >= 15 is 0 Å². The second kappa shape index (κ2) is 6.34. The van der Waals surface area contributed by atoms with Crippen molar-refractivity contribution in [3.63, 3.8) is 0 Å². The van der Waals surface area contributed by atoms with Gasteiger partial charge in [-0.05, 0) is 31.2 Å². The van der Waals surface area contributed by atoms with Gasteiger partial charge in [-0.2, -0.15) is 0 Å². The van der Waals surface area contributed by atoms with Crippen molar-refractivity contribution in [1.29, 1.82) is 0 Å². The van der Waals surface area contributed by atoms with E-state index < -0.39 is 0 Å². The Balaban J connectivity index is 2.44. The molecule has 106 valence electrons. The lowest BCUT2D eigenvalue weighted by molar-refractivity contribution is 0.384. The van der Waals surface area contributed by atoms with E-state index in [1.54, 1.807) is 26.6 Å². The van der Waals surface area contributed by atoms with Gasteiger partial charge in [0.2, 0.25) is 5.88 Å². The third-order valence-corrected chi connectivity index (χ3v) is 3.20. The Bertz CT molecular complexity index is 587. The number of methoxy groups -OCH3 is 2. The standard InChI is InChI=1S/C15H19N3O2/c1-10-9-11(5-6-12(10)19-3)13(16-2)14-15(20-4)18-8-7-17-14/h5-9,13,16H,1-4H3. The maximum Gasteiger partial charge on any atom is 0.237 e. The molecule has 2 aromatic rings. The SMILES string of the molecule is CNC(c1ccc(OC)c(C)c1)c1nccnc1OC. The highest BCUT2D eigenvalue weighted by molar-refractivity contribution is 5.41. The predicted octanol–water partition coefficient (Wildman–Crippen LogP) is 2.11. The first-order valence-electron chi connectivity index (χ1n) is 6.38. The monoisotopic (exact) mass is 273 g/mol. The van der Waals surface area contributed by atoms with Crippen LogP contribution < -0.4 is 14.8 Å². The Hall–Kier alpha value is -2.14. The molecule has 0 aliphatic rings. The number of ether oxygens (including phenoxy) is 2. The van der Waals surface area contributed by atoms with Gasteiger partial charge in [0, 0.05) is 12.4 Å². The van der Waals surface area contributed by atoms with Crippen LogP contribution in [0.25, 0.3) is 0 Å². The largest absolute Gasteiger partial charge is 0.496 e. The van der Waals surface area contributed by atoms with Gasteiger partial charge in [0.1, 0.15) is 11.4 Å². The molecule has 2 rings (SSSR count). The average Bonchev–Trinajstić information content (AvgIpc) is 2.49. The van der Waals surface area contributed by atoms with Crippen LogP contribution in [0.3, 0.4) is 0 Å². The maximum absolute atomic E-state index is 5.29. The van der Waals surface area contributed by atoms with Crippen LogP contribution in [-0.4, -0.2) is 31.2 Å². The predicted molar refractivity (Wildman–Crippen MR) is 77.2 cm³/mol. The molecule has 1 unspecified atom stereocenters. The summed E-state index contributed by atoms with van der Waals surface area (Å²) < 4.78 is 10.6. The molecule has 0 aliphatic carbocycles. The second-order valence-electron chi connectivity index (χ2n) is 4.40. The van der Waals surface area contributed by atoms with Gasteiger partial charge in [0.15, 0.2) is 0 Å². The molecule has 0 amide bonds. The number of nitrogens with one attached hydrogen (secondary N) is 1. The van der Waals surface area contributed by atoms with E-state index in [1.807, 2.05) is 26.1 Å². The van der Waals surface area contributed by atoms with E-state index in [4.69, 9.17) is 9.47 Å². The van der Waals surface area contributed by atoms with Gasteiger partial charge in [0.05, 0.1) is 20.3 Å². The molecule has 0 spiro atoms. The van der Waals surface area contributed by atoms with Crippen molar-refractivity contribution in [3.8, 4) is 11.6 Å². The van der Waals surface area contributed by atoms with Crippen molar-refractivity contribution in [3.05, 3.63) is 47.4 Å². The summed E-state index contributed by atoms with van der Waals surface area (Å²) in [4.78, 5) is 8.59. The Kier molecular flexibility index (Phi) is 4.53. The van der Waals surface area contributed by atoms with Crippen LogP contribution in [0.15, 0.2) is 30.6 Å². The lowest BCUT2D eigenvalue weighted by Gasteiger charge is -2.19. The van der Waals surface area contributed by atoms with Crippen LogP contribution in [0.4, 0.5) is 0 Å². The Morgan fingerprint density at radius 3 is 2.45 bits per heavy atom. The summed E-state index contributed by atoms with van der Waals surface area (Å²) in [5.74, 6) is 1.40. The van der Waals surface area contributed by atoms with Gasteiger partial charge in [-0.15, -0.1) is 0 Å². The molecule has 0 bridgehead atoms. The Morgan fingerprint density at radius 2 is 1.85 bits per heavy atom. The van der Waals surface area contributed by atoms with Crippen molar-refractivity contribution >= 4 is 0 Å². The molecule has 1 atom stereocenters. The Labute approximate surface area is 119 Å². The number of rotatable bonds is 5. The zero-order valence-electron chi connectivity index (χ0n) is 12.2. The summed E-state index contributed by atoms with van der Waals surface area (Å²) in [6.45, 7) is 2.02. The normalized spacial score (nSPS) is 12.0. The van der Waals surface area contributed by atoms with Crippen LogP contribution in [0, 0.1) is 6.92 Å². The van der Waals surface area contributed by atoms with Crippen LogP contribution in [-0.2, 0) is 0 Å². The van der Waals surface area contributed by atoms with E-state index in [0.29, 0.717) is 5.88 Å². The van der Waals surface area contributed by atoms with Crippen molar-refractivity contribution in [1.82, 2.24) is 15.3 Å². The summed E-state index contributed by atoms with van der Waals surface area (Å²) in [5, 5.41) is 3.25. The molecule has 1 aromatic heterocycles. The summed E-state index contributed by atoms with van der Waals surface area (Å²) in [7, 11) is 5.15. The minimum atomic E-state index is -0.0803. The fourth-order valence-electron chi connectivity index (χ4n) is 2.23. The molecule has 5 nitrogen and oxygen atoms in total. The second-order valence-corrected chi connectivity index (χ2v) is 4.40. The molecule has 1 aromatic carbocycles. The van der Waals surface area contributed by atoms with Gasteiger partial charge >= 0.3 is 0 Å². The third-order valence-electron chi connectivity index (χ3n) is 3.20. The zero-order chi connectivity index (χ0) is 14.5. The summed E-state index contributed by atoms with van der Waals surface area (Å²) >= 11 is 0. The van der Waals surface area contributed by atoms with E-state index in [1.165, 1.54) is 0 Å². The molecular weight excluding hydrogens is 254 g/mol. The first-order chi connectivity index (χ1) is 9.71. The van der Waals surface area contributed by atoms with Crippen LogP contribution in [0.5, 0.6) is 11.6 Å². The van der Waals surface area contributed by atoms with Gasteiger partial charge in [-0.25, -0.2) is 4.98 Å². The zero-order valence-corrected chi connectivity index (χ0v) is 12.2. The highest BCUT2D eigenvalue weighted by Crippen LogP contribution is 2.29. The van der Waals surface area contributed by atoms with Crippen LogP contribution in [0.1, 0.15) is 22.9 Å². The highest BCUT2D eigenvalue weighted by atomic mass is 16.5. The molecule has 0 saturated heterocycles. The van der Waals surface area contributed by atoms with E-state index in [-0.39, 0.29) is 6.04 Å². The minimum Gasteiger partial charge on any atom is -0.496 e. The number of benzene rings is 1. The summed E-state index contributed by atoms with van der Waals surface area (Å²) in [5.41, 5.74) is 2.93. The molecule has 1 heterocycles. The molecule has 20 heavy (non-hydrogen) atoms. The van der Waals surface area contributed by atoms with Crippen molar-refractivity contribution in [2.75, 3.05) is 21.3 Å². The number of hydrogen-bond donors (Lipinski definition) is 1. The first kappa shape index (κ1) is 14.3. The fourth-order valence-corrected chi connectivity index (χ4v) is 2.23.